The first-order valence-electron chi connectivity index (χ1n) is 31.0. The van der Waals surface area contributed by atoms with Gasteiger partial charge in [0.05, 0.1) is 37.4 Å². The Hall–Kier alpha value is -3.69. The second-order valence-corrected chi connectivity index (χ2v) is 28.4. The molecule has 4 aliphatic heterocycles. The van der Waals surface area contributed by atoms with E-state index in [0.29, 0.717) is 38.5 Å². The van der Waals surface area contributed by atoms with Crippen LogP contribution in [-0.2, 0) is 61.8 Å². The van der Waals surface area contributed by atoms with Crippen molar-refractivity contribution in [2.75, 3.05) is 26.4 Å². The summed E-state index contributed by atoms with van der Waals surface area (Å²) in [5.41, 5.74) is -2.88. The second-order valence-electron chi connectivity index (χ2n) is 28.4. The molecule has 0 radical (unpaired) electrons. The molecule has 89 heavy (non-hydrogen) atoms. The fourth-order valence-corrected chi connectivity index (χ4v) is 17.6. The number of aliphatic hydroxyl groups excluding tert-OH is 12. The number of carboxylic acid groups (broad SMARTS) is 1. The molecule has 8 fully saturated rings. The topological polar surface area (TPSA) is 407 Å². The van der Waals surface area contributed by atoms with E-state index >= 15 is 0 Å². The predicted octanol–water partition coefficient (Wildman–Crippen LogP) is -0.444. The van der Waals surface area contributed by atoms with Crippen molar-refractivity contribution in [3.63, 3.8) is 0 Å². The van der Waals surface area contributed by atoms with E-state index in [1.54, 1.807) is 6.08 Å². The summed E-state index contributed by atoms with van der Waals surface area (Å²) in [5, 5.41) is 145. The van der Waals surface area contributed by atoms with Crippen LogP contribution < -0.4 is 0 Å². The van der Waals surface area contributed by atoms with Crippen LogP contribution >= 0.6 is 0 Å². The lowest BCUT2D eigenvalue weighted by Gasteiger charge is -2.72. The van der Waals surface area contributed by atoms with Gasteiger partial charge in [-0.2, -0.15) is 0 Å². The van der Waals surface area contributed by atoms with Crippen LogP contribution in [0.4, 0.5) is 0 Å². The Kier molecular flexibility index (Phi) is 19.6. The van der Waals surface area contributed by atoms with Crippen molar-refractivity contribution in [3.05, 3.63) is 53.6 Å². The van der Waals surface area contributed by atoms with Gasteiger partial charge in [0.25, 0.3) is 0 Å². The van der Waals surface area contributed by atoms with Gasteiger partial charge in [-0.25, -0.2) is 9.59 Å². The van der Waals surface area contributed by atoms with Crippen molar-refractivity contribution in [1.82, 2.24) is 0 Å². The van der Waals surface area contributed by atoms with E-state index in [0.717, 1.165) is 11.1 Å². The first kappa shape index (κ1) is 68.2. The van der Waals surface area contributed by atoms with Crippen molar-refractivity contribution in [3.8, 4) is 0 Å². The van der Waals surface area contributed by atoms with Gasteiger partial charge in [-0.15, -0.1) is 0 Å². The lowest BCUT2D eigenvalue weighted by atomic mass is 9.33. The van der Waals surface area contributed by atoms with Crippen molar-refractivity contribution in [2.24, 2.45) is 50.2 Å². The van der Waals surface area contributed by atoms with Crippen LogP contribution in [0.3, 0.4) is 0 Å². The Morgan fingerprint density at radius 3 is 1.97 bits per heavy atom. The number of carbonyl (C=O) groups excluding carboxylic acids is 2. The average Bonchev–Trinajstić information content (AvgIpc) is 0.673. The van der Waals surface area contributed by atoms with Crippen LogP contribution in [0.5, 0.6) is 0 Å². The number of rotatable bonds is 15. The smallest absolute Gasteiger partial charge is 0.335 e. The summed E-state index contributed by atoms with van der Waals surface area (Å²) in [6, 6.07) is 9.21. The Bertz CT molecular complexity index is 2750. The van der Waals surface area contributed by atoms with E-state index in [1.807, 2.05) is 58.0 Å². The summed E-state index contributed by atoms with van der Waals surface area (Å²) in [5.74, 6) is -3.62. The maximum atomic E-state index is 13.6. The van der Waals surface area contributed by atoms with Crippen LogP contribution in [0.1, 0.15) is 106 Å². The molecule has 0 aromatic heterocycles. The number of hydrogen-bond donors (Lipinski definition) is 13. The molecule has 29 atom stereocenters. The SMILES string of the molecule is CC(=O)OC[C@@]12C(CC(C)(C)[C@@H](OC(=O)/C=C/c3ccccc3)[C@@H]1O)C1=CCC3[C@@]4(C)CC[C@H](O[C@@H]5O[C@H](C(=O)O)[C@@H](O)[C@H](O[C@@H]6OC[C@H](O)[C@H](O)[C@H]6O[C@@H]6OC[C@@H](O)[C@H](O)[C@H]6O)[C@H]5O[C@@H]5O[C@H](CO)[C@H](O)[C@H](O)[C@H]5O)C(C)(C)C4CC[C@@]3(C)[C@]1(C)C[C@H]2O. The molecule has 9 aliphatic rings. The number of esters is 2. The summed E-state index contributed by atoms with van der Waals surface area (Å²) >= 11 is 0. The normalized spacial score (nSPS) is 48.6. The fourth-order valence-electron chi connectivity index (χ4n) is 17.6. The Morgan fingerprint density at radius 1 is 0.663 bits per heavy atom. The average molecular weight is 1270 g/mol. The zero-order valence-electron chi connectivity index (χ0n) is 51.5. The first-order valence-corrected chi connectivity index (χ1v) is 31.0. The third kappa shape index (κ3) is 11.9. The number of aliphatic carboxylic acids is 1. The van der Waals surface area contributed by atoms with Gasteiger partial charge in [0.2, 0.25) is 0 Å². The molecule has 1 aromatic rings. The highest BCUT2D eigenvalue weighted by atomic mass is 16.8. The number of carboxylic acids is 1. The third-order valence-corrected chi connectivity index (χ3v) is 22.7. The molecule has 26 nitrogen and oxygen atoms in total. The molecular formula is C63H92O26. The van der Waals surface area contributed by atoms with Gasteiger partial charge in [0, 0.05) is 18.4 Å². The quantitative estimate of drug-likeness (QED) is 0.0458. The molecule has 500 valence electrons. The minimum atomic E-state index is -2.21. The Balaban J connectivity index is 0.948. The lowest BCUT2D eigenvalue weighted by molar-refractivity contribution is -0.399. The molecule has 0 bridgehead atoms. The zero-order chi connectivity index (χ0) is 64.8. The molecule has 4 saturated carbocycles. The molecule has 1 aromatic carbocycles. The van der Waals surface area contributed by atoms with E-state index in [-0.39, 0.29) is 24.9 Å². The minimum absolute atomic E-state index is 0.0203. The molecular weight excluding hydrogens is 1170 g/mol. The van der Waals surface area contributed by atoms with Crippen LogP contribution in [0.15, 0.2) is 48.1 Å². The maximum absolute atomic E-state index is 13.6. The number of allylic oxidation sites excluding steroid dienone is 2. The van der Waals surface area contributed by atoms with Gasteiger partial charge in [-0.05, 0) is 96.0 Å². The van der Waals surface area contributed by atoms with Gasteiger partial charge < -0.3 is 114 Å². The lowest BCUT2D eigenvalue weighted by Crippen LogP contribution is -2.72. The number of benzene rings is 1. The molecule has 0 spiro atoms. The first-order chi connectivity index (χ1) is 41.8. The van der Waals surface area contributed by atoms with Gasteiger partial charge >= 0.3 is 17.9 Å². The number of aliphatic hydroxyl groups is 12. The second kappa shape index (κ2) is 25.6. The molecule has 4 heterocycles. The standard InChI is InChI=1S/C63H92O26/c1-28(65)82-27-63-31(22-58(2,3)52(51(63)77)85-39(69)17-14-29-12-10-9-11-13-29)30-15-16-36-60(6)20-19-38(59(4,5)35(60)18-21-61(36,7)62(30,8)23-37(63)68)84-57-50(89-55-45(75)43(73)42(72)34(24-64)83-55)47(46(76)48(87-57)53(78)79)86-56-49(41(71)33(67)26-81-56)88-54-44(74)40(70)32(66)25-80-54/h9-15,17,31-38,40-52,54-57,64,66-68,70-77H,16,18-27H2,1-8H3,(H,78,79)/b17-14+/t31?,32-,33+,34-,35?,36?,37-,38+,40+,41+,42+,43+,44-,45-,46+,47+,48+,49-,50-,51+,52+,54+,55+,56+,57-,60+,61-,62-,63+/m1/s1. The van der Waals surface area contributed by atoms with E-state index < -0.39 is 211 Å². The van der Waals surface area contributed by atoms with Crippen LogP contribution in [0.25, 0.3) is 6.08 Å². The summed E-state index contributed by atoms with van der Waals surface area (Å²) in [6.07, 6.45) is -29.8. The highest BCUT2D eigenvalue weighted by Crippen LogP contribution is 2.76. The van der Waals surface area contributed by atoms with E-state index in [4.69, 9.17) is 47.4 Å². The monoisotopic (exact) mass is 1260 g/mol. The summed E-state index contributed by atoms with van der Waals surface area (Å²) < 4.78 is 60.6. The fraction of sp³-hybridized carbons (Fsp3) is 0.794. The highest BCUT2D eigenvalue weighted by molar-refractivity contribution is 5.87. The number of carbonyl (C=O) groups is 3. The minimum Gasteiger partial charge on any atom is -0.479 e. The molecule has 4 saturated heterocycles. The number of fused-ring (bicyclic) bond motifs is 7. The number of hydrogen-bond acceptors (Lipinski definition) is 25. The van der Waals surface area contributed by atoms with E-state index in [2.05, 4.69) is 26.8 Å². The molecule has 26 heteroatoms. The Labute approximate surface area is 516 Å². The van der Waals surface area contributed by atoms with Gasteiger partial charge in [-0.1, -0.05) is 90.4 Å². The van der Waals surface area contributed by atoms with E-state index in [9.17, 15) is 80.8 Å². The molecule has 10 rings (SSSR count). The summed E-state index contributed by atoms with van der Waals surface area (Å²) in [4.78, 5) is 39.4. The van der Waals surface area contributed by atoms with Crippen molar-refractivity contribution < 1.29 is 128 Å². The summed E-state index contributed by atoms with van der Waals surface area (Å²) in [7, 11) is 0. The third-order valence-electron chi connectivity index (χ3n) is 22.7. The van der Waals surface area contributed by atoms with Crippen LogP contribution in [0.2, 0.25) is 0 Å². The Morgan fingerprint density at radius 2 is 1.30 bits per heavy atom. The van der Waals surface area contributed by atoms with Crippen molar-refractivity contribution in [2.45, 2.75) is 235 Å². The van der Waals surface area contributed by atoms with Crippen molar-refractivity contribution in [1.29, 1.82) is 0 Å². The van der Waals surface area contributed by atoms with Gasteiger partial charge in [-0.3, -0.25) is 4.79 Å². The maximum Gasteiger partial charge on any atom is 0.335 e. The largest absolute Gasteiger partial charge is 0.479 e. The van der Waals surface area contributed by atoms with Crippen molar-refractivity contribution >= 4 is 24.0 Å². The van der Waals surface area contributed by atoms with Gasteiger partial charge in [0.1, 0.15) is 98.2 Å². The predicted molar refractivity (Wildman–Crippen MR) is 304 cm³/mol. The number of ether oxygens (including phenoxy) is 10. The summed E-state index contributed by atoms with van der Waals surface area (Å²) in [6.45, 7) is 13.6. The molecule has 13 N–H and O–H groups in total. The van der Waals surface area contributed by atoms with Crippen LogP contribution in [-0.4, -0.2) is 246 Å². The van der Waals surface area contributed by atoms with Gasteiger partial charge in [0.15, 0.2) is 31.3 Å². The highest BCUT2D eigenvalue weighted by Gasteiger charge is 2.73. The molecule has 5 aliphatic carbocycles. The molecule has 3 unspecified atom stereocenters. The molecule has 0 amide bonds. The van der Waals surface area contributed by atoms with E-state index in [1.165, 1.54) is 13.0 Å². The van der Waals surface area contributed by atoms with Crippen LogP contribution in [0, 0.1) is 50.2 Å². The zero-order valence-corrected chi connectivity index (χ0v) is 51.5.